The third-order valence-electron chi connectivity index (χ3n) is 12.4. The lowest BCUT2D eigenvalue weighted by molar-refractivity contribution is -0.140. The van der Waals surface area contributed by atoms with Crippen LogP contribution in [0.4, 0.5) is 5.69 Å². The summed E-state index contributed by atoms with van der Waals surface area (Å²) in [7, 11) is -4.02. The lowest BCUT2D eigenvalue weighted by Crippen LogP contribution is -2.54. The van der Waals surface area contributed by atoms with Crippen LogP contribution in [0.15, 0.2) is 48.6 Å². The predicted octanol–water partition coefficient (Wildman–Crippen LogP) is 6.02. The highest BCUT2D eigenvalue weighted by Crippen LogP contribution is 2.49. The summed E-state index contributed by atoms with van der Waals surface area (Å²) < 4.78 is 35.9. The number of sulfonamides is 1. The summed E-state index contributed by atoms with van der Waals surface area (Å²) in [4.78, 5) is 31.4. The van der Waals surface area contributed by atoms with E-state index in [0.717, 1.165) is 57.1 Å². The van der Waals surface area contributed by atoms with Crippen LogP contribution in [0.25, 0.3) is 0 Å². The van der Waals surface area contributed by atoms with E-state index in [1.54, 1.807) is 31.2 Å². The number of hydrogen-bond acceptors (Lipinski definition) is 7. The third kappa shape index (κ3) is 6.80. The minimum Gasteiger partial charge on any atom is -0.490 e. The van der Waals surface area contributed by atoms with Crippen molar-refractivity contribution < 1.29 is 27.9 Å². The van der Waals surface area contributed by atoms with Crippen molar-refractivity contribution in [2.45, 2.75) is 94.3 Å². The number of benzene rings is 2. The maximum absolute atomic E-state index is 13.7. The minimum absolute atomic E-state index is 0.00484. The molecular weight excluding hydrogens is 674 g/mol. The highest BCUT2D eigenvalue weighted by molar-refractivity contribution is 7.90. The highest BCUT2D eigenvalue weighted by atomic mass is 35.5. The molecule has 0 aromatic heterocycles. The Hall–Kier alpha value is -3.08. The van der Waals surface area contributed by atoms with E-state index in [-0.39, 0.29) is 41.1 Å². The maximum Gasteiger partial charge on any atom is 0.264 e. The highest BCUT2D eigenvalue weighted by Gasteiger charge is 2.49. The second-order valence-corrected chi connectivity index (χ2v) is 18.1. The van der Waals surface area contributed by atoms with E-state index in [4.69, 9.17) is 16.3 Å². The first kappa shape index (κ1) is 35.3. The average molecular weight is 724 g/mol. The summed E-state index contributed by atoms with van der Waals surface area (Å²) in [6.07, 6.45) is 11.6. The molecule has 3 aliphatic heterocycles. The van der Waals surface area contributed by atoms with Crippen molar-refractivity contribution in [3.8, 4) is 5.75 Å². The van der Waals surface area contributed by atoms with Crippen molar-refractivity contribution in [3.05, 3.63) is 70.3 Å². The minimum atomic E-state index is -4.02. The summed E-state index contributed by atoms with van der Waals surface area (Å²) in [5.74, 6) is -0.487. The molecule has 6 atom stereocenters. The number of anilines is 1. The van der Waals surface area contributed by atoms with Crippen LogP contribution in [0.3, 0.4) is 0 Å². The van der Waals surface area contributed by atoms with Gasteiger partial charge in [-0.1, -0.05) is 36.7 Å². The summed E-state index contributed by atoms with van der Waals surface area (Å²) in [6.45, 7) is 6.53. The Bertz CT molecular complexity index is 1780. The van der Waals surface area contributed by atoms with Crippen LogP contribution in [-0.4, -0.2) is 73.9 Å². The molecule has 7 rings (SSSR count). The fraction of sp³-hybridized carbons (Fsp3) is 0.590. The van der Waals surface area contributed by atoms with Crippen molar-refractivity contribution in [1.29, 1.82) is 0 Å². The number of allylic oxidation sites excluding steroid dienone is 1. The molecule has 2 N–H and O–H groups in total. The molecule has 5 aliphatic rings. The van der Waals surface area contributed by atoms with Crippen molar-refractivity contribution in [2.75, 3.05) is 37.7 Å². The molecule has 1 saturated carbocycles. The van der Waals surface area contributed by atoms with Gasteiger partial charge in [0, 0.05) is 42.2 Å². The molecule has 50 heavy (non-hydrogen) atoms. The lowest BCUT2D eigenvalue weighted by atomic mass is 9.63. The van der Waals surface area contributed by atoms with Gasteiger partial charge < -0.3 is 19.6 Å². The number of carbonyl (C=O) groups excluding carboxylic acids is 2. The summed E-state index contributed by atoms with van der Waals surface area (Å²) >= 11 is 6.45. The van der Waals surface area contributed by atoms with E-state index in [0.29, 0.717) is 50.0 Å². The normalized spacial score (nSPS) is 33.2. The molecule has 2 aromatic carbocycles. The zero-order chi connectivity index (χ0) is 35.3. The summed E-state index contributed by atoms with van der Waals surface area (Å²) in [5.41, 5.74) is 1.71. The quantitative estimate of drug-likeness (QED) is 0.365. The molecule has 2 amide bonds. The first-order valence-corrected chi connectivity index (χ1v) is 20.3. The number of likely N-dealkylation sites (tertiary alicyclic amines) is 1. The fourth-order valence-corrected chi connectivity index (χ4v) is 10.5. The first-order valence-electron chi connectivity index (χ1n) is 18.4. The number of hydrogen-bond donors (Lipinski definition) is 2. The van der Waals surface area contributed by atoms with Gasteiger partial charge in [-0.2, -0.15) is 0 Å². The number of fused-ring (bicyclic) bond motifs is 4. The van der Waals surface area contributed by atoms with Gasteiger partial charge in [-0.3, -0.25) is 9.59 Å². The van der Waals surface area contributed by atoms with Crippen molar-refractivity contribution in [2.24, 2.45) is 17.8 Å². The SMILES string of the molecule is C[C@@H]1[C@@H](C)C/C=C\[C@@](O)(CC(=O)N2CCCCC2)[C@@H]2CC[C@H]2CN2C[C@@]3(CCCc4cc(Cl)ccc43)COc3ccc(cc32)C(=O)NS1(=O)=O. The number of aryl methyl sites for hydroxylation is 1. The molecule has 11 heteroatoms. The van der Waals surface area contributed by atoms with E-state index in [2.05, 4.69) is 21.8 Å². The zero-order valence-electron chi connectivity index (χ0n) is 29.2. The van der Waals surface area contributed by atoms with Crippen LogP contribution < -0.4 is 14.4 Å². The molecule has 9 nitrogen and oxygen atoms in total. The van der Waals surface area contributed by atoms with Crippen LogP contribution >= 0.6 is 11.6 Å². The number of ether oxygens (including phenoxy) is 1. The topological polar surface area (TPSA) is 116 Å². The molecule has 2 bridgehead atoms. The zero-order valence-corrected chi connectivity index (χ0v) is 30.8. The van der Waals surface area contributed by atoms with E-state index in [9.17, 15) is 23.1 Å². The first-order chi connectivity index (χ1) is 23.9. The number of piperidine rings is 1. The lowest BCUT2D eigenvalue weighted by Gasteiger charge is -2.49. The van der Waals surface area contributed by atoms with Gasteiger partial charge >= 0.3 is 0 Å². The number of nitrogens with one attached hydrogen (secondary N) is 1. The average Bonchev–Trinajstić information content (AvgIpc) is 3.22. The maximum atomic E-state index is 13.7. The monoisotopic (exact) mass is 723 g/mol. The second kappa shape index (κ2) is 13.8. The largest absolute Gasteiger partial charge is 0.490 e. The van der Waals surface area contributed by atoms with Gasteiger partial charge in [-0.15, -0.1) is 0 Å². The summed E-state index contributed by atoms with van der Waals surface area (Å²) in [6, 6.07) is 11.3. The third-order valence-corrected chi connectivity index (χ3v) is 14.5. The number of amides is 2. The van der Waals surface area contributed by atoms with Crippen LogP contribution in [0.1, 0.15) is 93.1 Å². The van der Waals surface area contributed by atoms with Crippen molar-refractivity contribution in [3.63, 3.8) is 0 Å². The second-order valence-electron chi connectivity index (χ2n) is 15.6. The molecule has 270 valence electrons. The Labute approximate surface area is 301 Å². The van der Waals surface area contributed by atoms with Crippen molar-refractivity contribution in [1.82, 2.24) is 9.62 Å². The van der Waals surface area contributed by atoms with Gasteiger partial charge in [0.25, 0.3) is 5.91 Å². The Kier molecular flexibility index (Phi) is 9.76. The van der Waals surface area contributed by atoms with Gasteiger partial charge in [0.05, 0.1) is 29.6 Å². The molecule has 3 heterocycles. The molecule has 2 aliphatic carbocycles. The van der Waals surface area contributed by atoms with Crippen LogP contribution in [0.2, 0.25) is 5.02 Å². The standard InChI is InChI=1S/C39H50ClN3O6S/c1-26-8-6-17-39(46,22-36(44)42-18-4-3-5-19-42)33-13-10-30(33)23-43-24-38(16-7-9-28-20-31(40)12-14-32(28)38)25-49-35-15-11-29(21-34(35)43)37(45)41-50(47,48)27(26)2/h6,11-12,14-15,17,20-21,26-27,30,33,46H,3-5,7-10,13,16,18-19,22-25H2,1-2H3,(H,41,45)/b17-6-/t26-,27+,30-,33+,38-,39+/m0/s1. The molecule has 0 unspecified atom stereocenters. The number of aliphatic hydroxyl groups is 1. The molecule has 1 spiro atoms. The van der Waals surface area contributed by atoms with E-state index in [1.165, 1.54) is 11.1 Å². The number of rotatable bonds is 2. The van der Waals surface area contributed by atoms with Crippen LogP contribution in [0.5, 0.6) is 5.75 Å². The predicted molar refractivity (Wildman–Crippen MR) is 195 cm³/mol. The van der Waals surface area contributed by atoms with E-state index in [1.807, 2.05) is 24.0 Å². The van der Waals surface area contributed by atoms with Crippen LogP contribution in [0, 0.1) is 17.8 Å². The Morgan fingerprint density at radius 3 is 2.64 bits per heavy atom. The van der Waals surface area contributed by atoms with E-state index < -0.39 is 26.8 Å². The fourth-order valence-electron chi connectivity index (χ4n) is 9.06. The molecular formula is C39H50ClN3O6S. The van der Waals surface area contributed by atoms with Gasteiger partial charge in [-0.25, -0.2) is 13.1 Å². The van der Waals surface area contributed by atoms with Gasteiger partial charge in [-0.05, 0) is 124 Å². The van der Waals surface area contributed by atoms with E-state index >= 15 is 0 Å². The molecule has 1 saturated heterocycles. The van der Waals surface area contributed by atoms with Crippen LogP contribution in [-0.2, 0) is 26.7 Å². The Balaban J connectivity index is 1.29. The smallest absolute Gasteiger partial charge is 0.264 e. The molecule has 2 fully saturated rings. The Morgan fingerprint density at radius 2 is 1.88 bits per heavy atom. The molecule has 0 radical (unpaired) electrons. The van der Waals surface area contributed by atoms with Gasteiger partial charge in [0.15, 0.2) is 0 Å². The Morgan fingerprint density at radius 1 is 1.08 bits per heavy atom. The van der Waals surface area contributed by atoms with Gasteiger partial charge in [0.2, 0.25) is 15.9 Å². The van der Waals surface area contributed by atoms with Gasteiger partial charge in [0.1, 0.15) is 5.75 Å². The van der Waals surface area contributed by atoms with Crippen molar-refractivity contribution >= 4 is 39.1 Å². The summed E-state index contributed by atoms with van der Waals surface area (Å²) in [5, 5.41) is 12.4. The number of carbonyl (C=O) groups is 2. The molecule has 2 aromatic rings. The number of nitrogens with zero attached hydrogens (tertiary/aromatic N) is 2. The number of halogens is 1.